The van der Waals surface area contributed by atoms with Crippen molar-refractivity contribution in [2.45, 2.75) is 6.42 Å². The summed E-state index contributed by atoms with van der Waals surface area (Å²) in [6, 6.07) is 5.50. The van der Waals surface area contributed by atoms with Gasteiger partial charge in [-0.3, -0.25) is 0 Å². The van der Waals surface area contributed by atoms with Crippen LogP contribution in [0.25, 0.3) is 5.57 Å². The van der Waals surface area contributed by atoms with Gasteiger partial charge < -0.3 is 22.6 Å². The van der Waals surface area contributed by atoms with Crippen molar-refractivity contribution in [1.29, 1.82) is 5.41 Å². The number of nitrogen functional groups attached to an aromatic ring is 2. The molecule has 0 spiro atoms. The third-order valence-electron chi connectivity index (χ3n) is 2.64. The second-order valence-corrected chi connectivity index (χ2v) is 3.81. The number of nitrogens with one attached hydrogen (secondary N) is 1. The number of benzene rings is 1. The van der Waals surface area contributed by atoms with Crippen LogP contribution in [-0.2, 0) is 0 Å². The lowest BCUT2D eigenvalue weighted by molar-refractivity contribution is 1.28. The molecule has 1 aliphatic rings. The minimum absolute atomic E-state index is 0.438. The zero-order valence-electron chi connectivity index (χ0n) is 8.83. The van der Waals surface area contributed by atoms with Gasteiger partial charge in [0.25, 0.3) is 0 Å². The molecule has 2 rings (SSSR count). The van der Waals surface area contributed by atoms with E-state index in [1.165, 1.54) is 0 Å². The maximum absolute atomic E-state index is 7.68. The van der Waals surface area contributed by atoms with E-state index in [1.54, 1.807) is 12.1 Å². The Morgan fingerprint density at radius 1 is 1.00 bits per heavy atom. The minimum atomic E-state index is 0.438. The molecule has 7 N–H and O–H groups in total. The average molecular weight is 214 g/mol. The van der Waals surface area contributed by atoms with Crippen molar-refractivity contribution in [3.8, 4) is 0 Å². The van der Waals surface area contributed by atoms with Crippen LogP contribution in [0.1, 0.15) is 12.0 Å². The molecule has 0 aliphatic heterocycles. The quantitative estimate of drug-likeness (QED) is 0.533. The van der Waals surface area contributed by atoms with Crippen LogP contribution in [0, 0.1) is 5.41 Å². The molecule has 0 heterocycles. The lowest BCUT2D eigenvalue weighted by atomic mass is 9.94. The van der Waals surface area contributed by atoms with Gasteiger partial charge in [0.05, 0.1) is 22.8 Å². The first kappa shape index (κ1) is 10.3. The van der Waals surface area contributed by atoms with Crippen LogP contribution < -0.4 is 17.2 Å². The van der Waals surface area contributed by atoms with Gasteiger partial charge in [0.15, 0.2) is 0 Å². The van der Waals surface area contributed by atoms with E-state index in [4.69, 9.17) is 22.6 Å². The van der Waals surface area contributed by atoms with Gasteiger partial charge in [0.1, 0.15) is 0 Å². The van der Waals surface area contributed by atoms with Crippen molar-refractivity contribution in [1.82, 2.24) is 0 Å². The molecule has 0 saturated heterocycles. The van der Waals surface area contributed by atoms with Crippen LogP contribution in [0.4, 0.5) is 11.4 Å². The van der Waals surface area contributed by atoms with Crippen LogP contribution in [0.5, 0.6) is 0 Å². The largest absolute Gasteiger partial charge is 0.397 e. The first-order valence-corrected chi connectivity index (χ1v) is 4.97. The van der Waals surface area contributed by atoms with Gasteiger partial charge in [0, 0.05) is 6.42 Å². The van der Waals surface area contributed by atoms with Gasteiger partial charge >= 0.3 is 0 Å². The number of hydrogen-bond donors (Lipinski definition) is 4. The molecule has 4 heteroatoms. The number of nitrogens with two attached hydrogens (primary N) is 3. The van der Waals surface area contributed by atoms with E-state index in [-0.39, 0.29) is 0 Å². The van der Waals surface area contributed by atoms with Gasteiger partial charge in [-0.05, 0) is 29.3 Å². The third-order valence-corrected chi connectivity index (χ3v) is 2.64. The van der Waals surface area contributed by atoms with Crippen molar-refractivity contribution in [2.75, 3.05) is 11.5 Å². The van der Waals surface area contributed by atoms with Crippen LogP contribution in [0.3, 0.4) is 0 Å². The molecule has 82 valence electrons. The summed E-state index contributed by atoms with van der Waals surface area (Å²) in [5.74, 6) is 0. The van der Waals surface area contributed by atoms with Gasteiger partial charge in [-0.15, -0.1) is 0 Å². The minimum Gasteiger partial charge on any atom is -0.397 e. The lowest BCUT2D eigenvalue weighted by Gasteiger charge is -2.14. The Morgan fingerprint density at radius 2 is 1.75 bits per heavy atom. The van der Waals surface area contributed by atoms with E-state index in [0.717, 1.165) is 11.1 Å². The number of rotatable bonds is 1. The van der Waals surface area contributed by atoms with Crippen molar-refractivity contribution in [2.24, 2.45) is 5.73 Å². The summed E-state index contributed by atoms with van der Waals surface area (Å²) in [5, 5.41) is 7.68. The highest BCUT2D eigenvalue weighted by atomic mass is 14.7. The first-order valence-electron chi connectivity index (χ1n) is 4.97. The molecule has 1 aromatic rings. The Balaban J connectivity index is 2.39. The Hall–Kier alpha value is -2.23. The summed E-state index contributed by atoms with van der Waals surface area (Å²) in [5.41, 5.74) is 21.1. The fraction of sp³-hybridized carbons (Fsp3) is 0.0833. The molecule has 0 bridgehead atoms. The number of hydrogen-bond acceptors (Lipinski definition) is 4. The number of allylic oxidation sites excluding steroid dienone is 4. The maximum Gasteiger partial charge on any atom is 0.0586 e. The van der Waals surface area contributed by atoms with E-state index in [0.29, 0.717) is 29.2 Å². The van der Waals surface area contributed by atoms with E-state index in [2.05, 4.69) is 0 Å². The first-order chi connectivity index (χ1) is 7.58. The summed E-state index contributed by atoms with van der Waals surface area (Å²) < 4.78 is 0. The highest BCUT2D eigenvalue weighted by molar-refractivity contribution is 6.05. The van der Waals surface area contributed by atoms with Crippen molar-refractivity contribution in [3.05, 3.63) is 41.6 Å². The van der Waals surface area contributed by atoms with Gasteiger partial charge in [-0.25, -0.2) is 0 Å². The van der Waals surface area contributed by atoms with Crippen LogP contribution in [0.15, 0.2) is 36.0 Å². The normalized spacial score (nSPS) is 15.6. The lowest BCUT2D eigenvalue weighted by Crippen LogP contribution is -2.13. The molecule has 1 aromatic carbocycles. The second-order valence-electron chi connectivity index (χ2n) is 3.81. The predicted octanol–water partition coefficient (Wildman–Crippen LogP) is 1.50. The summed E-state index contributed by atoms with van der Waals surface area (Å²) in [6.45, 7) is 0. The smallest absolute Gasteiger partial charge is 0.0586 e. The number of anilines is 2. The highest BCUT2D eigenvalue weighted by Crippen LogP contribution is 2.27. The molecule has 16 heavy (non-hydrogen) atoms. The molecular weight excluding hydrogens is 200 g/mol. The Kier molecular flexibility index (Phi) is 2.40. The van der Waals surface area contributed by atoms with E-state index < -0.39 is 0 Å². The van der Waals surface area contributed by atoms with E-state index in [9.17, 15) is 0 Å². The second kappa shape index (κ2) is 3.73. The summed E-state index contributed by atoms with van der Waals surface area (Å²) in [7, 11) is 0. The standard InChI is InChI=1S/C12H14N4/c13-9-3-1-7(5-11(9)15)8-2-4-10(14)12(16)6-8/h1-5,16H,6,13-15H2. The molecule has 0 fully saturated rings. The fourth-order valence-corrected chi connectivity index (χ4v) is 1.62. The Bertz CT molecular complexity index is 512. The fourth-order valence-electron chi connectivity index (χ4n) is 1.62. The van der Waals surface area contributed by atoms with E-state index >= 15 is 0 Å². The molecule has 0 radical (unpaired) electrons. The van der Waals surface area contributed by atoms with Crippen LogP contribution in [0.2, 0.25) is 0 Å². The monoisotopic (exact) mass is 214 g/mol. The molecular formula is C12H14N4. The molecule has 0 aromatic heterocycles. The molecule has 1 aliphatic carbocycles. The van der Waals surface area contributed by atoms with Crippen molar-refractivity contribution in [3.63, 3.8) is 0 Å². The van der Waals surface area contributed by atoms with Crippen LogP contribution >= 0.6 is 0 Å². The molecule has 0 atom stereocenters. The Labute approximate surface area is 93.9 Å². The molecule has 0 saturated carbocycles. The van der Waals surface area contributed by atoms with Crippen molar-refractivity contribution >= 4 is 22.7 Å². The van der Waals surface area contributed by atoms with E-state index in [1.807, 2.05) is 18.2 Å². The van der Waals surface area contributed by atoms with Crippen LogP contribution in [-0.4, -0.2) is 5.71 Å². The molecule has 4 nitrogen and oxygen atoms in total. The summed E-state index contributed by atoms with van der Waals surface area (Å²) >= 11 is 0. The predicted molar refractivity (Wildman–Crippen MR) is 67.9 cm³/mol. The average Bonchev–Trinajstić information content (AvgIpc) is 2.26. The summed E-state index contributed by atoms with van der Waals surface area (Å²) in [4.78, 5) is 0. The molecule has 0 amide bonds. The van der Waals surface area contributed by atoms with Crippen molar-refractivity contribution < 1.29 is 0 Å². The third kappa shape index (κ3) is 1.77. The topological polar surface area (TPSA) is 102 Å². The summed E-state index contributed by atoms with van der Waals surface area (Å²) in [6.07, 6.45) is 4.19. The molecule has 0 unspecified atom stereocenters. The zero-order valence-corrected chi connectivity index (χ0v) is 8.83. The SMILES string of the molecule is N=C1CC(c2ccc(N)c(N)c2)=CC=C1N. The zero-order chi connectivity index (χ0) is 11.7. The van der Waals surface area contributed by atoms with Gasteiger partial charge in [-0.1, -0.05) is 12.1 Å². The Morgan fingerprint density at radius 3 is 2.38 bits per heavy atom. The highest BCUT2D eigenvalue weighted by Gasteiger charge is 2.11. The van der Waals surface area contributed by atoms with Gasteiger partial charge in [0.2, 0.25) is 0 Å². The maximum atomic E-state index is 7.68. The van der Waals surface area contributed by atoms with Gasteiger partial charge in [-0.2, -0.15) is 0 Å².